The molecule has 2 N–H and O–H groups in total. The van der Waals surface area contributed by atoms with Crippen molar-refractivity contribution in [2.45, 2.75) is 11.7 Å². The zero-order valence-corrected chi connectivity index (χ0v) is 16.2. The van der Waals surface area contributed by atoms with Crippen molar-refractivity contribution < 1.29 is 18.7 Å². The van der Waals surface area contributed by atoms with E-state index in [1.165, 1.54) is 18.0 Å². The molecule has 0 bridgehead atoms. The van der Waals surface area contributed by atoms with Gasteiger partial charge in [0.2, 0.25) is 5.91 Å². The van der Waals surface area contributed by atoms with Gasteiger partial charge in [-0.2, -0.15) is 0 Å². The highest BCUT2D eigenvalue weighted by Crippen LogP contribution is 2.24. The Morgan fingerprint density at radius 3 is 2.68 bits per heavy atom. The number of furan rings is 1. The second-order valence-electron chi connectivity index (χ2n) is 5.69. The van der Waals surface area contributed by atoms with E-state index >= 15 is 0 Å². The molecule has 0 aliphatic heterocycles. The van der Waals surface area contributed by atoms with Crippen molar-refractivity contribution in [2.75, 3.05) is 12.9 Å². The number of aromatic nitrogens is 3. The van der Waals surface area contributed by atoms with Gasteiger partial charge in [-0.15, -0.1) is 10.2 Å². The molecule has 0 aliphatic rings. The number of hydrogen-bond acceptors (Lipinski definition) is 7. The highest BCUT2D eigenvalue weighted by molar-refractivity contribution is 7.99. The number of rotatable bonds is 7. The number of carbonyl (C=O) groups is 2. The van der Waals surface area contributed by atoms with Gasteiger partial charge in [0.15, 0.2) is 11.0 Å². The van der Waals surface area contributed by atoms with Crippen LogP contribution in [0.1, 0.15) is 5.76 Å². The Kier molecular flexibility index (Phi) is 6.33. The van der Waals surface area contributed by atoms with Crippen LogP contribution in [0.15, 0.2) is 52.2 Å². The predicted molar refractivity (Wildman–Crippen MR) is 103 cm³/mol. The Morgan fingerprint density at radius 1 is 1.21 bits per heavy atom. The van der Waals surface area contributed by atoms with E-state index < -0.39 is 11.9 Å². The summed E-state index contributed by atoms with van der Waals surface area (Å²) in [6.07, 6.45) is 1.51. The van der Waals surface area contributed by atoms with Gasteiger partial charge in [0.05, 0.1) is 25.7 Å². The minimum atomic E-state index is -0.584. The van der Waals surface area contributed by atoms with Gasteiger partial charge in [-0.05, 0) is 36.4 Å². The second kappa shape index (κ2) is 9.09. The number of imide groups is 1. The molecule has 0 fully saturated rings. The number of nitrogens with zero attached hydrogens (tertiary/aromatic N) is 3. The summed E-state index contributed by atoms with van der Waals surface area (Å²) in [6.45, 7) is 0.202. The number of thioether (sulfide) groups is 1. The molecule has 0 saturated heterocycles. The van der Waals surface area contributed by atoms with Crippen LogP contribution in [0.3, 0.4) is 0 Å². The quantitative estimate of drug-likeness (QED) is 0.584. The number of carbonyl (C=O) groups excluding carboxylic acids is 2. The first kappa shape index (κ1) is 19.5. The predicted octanol–water partition coefficient (Wildman–Crippen LogP) is 2.20. The summed E-state index contributed by atoms with van der Waals surface area (Å²) in [6, 6.07) is 10.3. The second-order valence-corrected chi connectivity index (χ2v) is 6.64. The summed E-state index contributed by atoms with van der Waals surface area (Å²) in [7, 11) is 3.42. The van der Waals surface area contributed by atoms with Gasteiger partial charge < -0.3 is 19.0 Å². The Labute approximate surface area is 165 Å². The average molecular weight is 401 g/mol. The number of hydrogen-bond donors (Lipinski definition) is 2. The third-order valence-corrected chi connectivity index (χ3v) is 4.79. The lowest BCUT2D eigenvalue weighted by molar-refractivity contribution is -0.117. The molecule has 3 amide bonds. The number of amides is 3. The van der Waals surface area contributed by atoms with Crippen molar-refractivity contribution in [1.82, 2.24) is 25.4 Å². The number of nitrogens with one attached hydrogen (secondary N) is 2. The highest BCUT2D eigenvalue weighted by Gasteiger charge is 2.14. The molecule has 3 aromatic rings. The van der Waals surface area contributed by atoms with Crippen LogP contribution >= 0.6 is 11.8 Å². The van der Waals surface area contributed by atoms with Gasteiger partial charge in [-0.1, -0.05) is 11.8 Å². The molecule has 9 nitrogen and oxygen atoms in total. The Bertz CT molecular complexity index is 938. The molecule has 10 heteroatoms. The van der Waals surface area contributed by atoms with Gasteiger partial charge in [0.1, 0.15) is 11.5 Å². The maximum Gasteiger partial charge on any atom is 0.321 e. The summed E-state index contributed by atoms with van der Waals surface area (Å²) in [5.74, 6) is 1.62. The van der Waals surface area contributed by atoms with Crippen LogP contribution in [0.4, 0.5) is 4.79 Å². The zero-order valence-electron chi connectivity index (χ0n) is 15.3. The zero-order chi connectivity index (χ0) is 19.9. The smallest absolute Gasteiger partial charge is 0.321 e. The van der Waals surface area contributed by atoms with Crippen molar-refractivity contribution in [3.8, 4) is 17.1 Å². The number of ether oxygens (including phenoxy) is 1. The average Bonchev–Trinajstić information content (AvgIpc) is 3.35. The standard InChI is InChI=1S/C18H19N5O4S/c1-23-16(12-5-7-13(26-2)8-6-12)21-22-18(23)28-11-15(24)20-17(25)19-10-14-4-3-9-27-14/h3-9H,10-11H2,1-2H3,(H2,19,20,24,25). The number of benzene rings is 1. The number of methoxy groups -OCH3 is 1. The molecule has 0 atom stereocenters. The SMILES string of the molecule is COc1ccc(-c2nnc(SCC(=O)NC(=O)NCc3ccco3)n2C)cc1. The Morgan fingerprint density at radius 2 is 2.00 bits per heavy atom. The minimum Gasteiger partial charge on any atom is -0.497 e. The third kappa shape index (κ3) is 4.92. The van der Waals surface area contributed by atoms with E-state index in [1.807, 2.05) is 31.3 Å². The van der Waals surface area contributed by atoms with Crippen LogP contribution in [-0.4, -0.2) is 39.6 Å². The lowest BCUT2D eigenvalue weighted by Crippen LogP contribution is -2.39. The molecule has 3 rings (SSSR count). The summed E-state index contributed by atoms with van der Waals surface area (Å²) >= 11 is 1.19. The normalized spacial score (nSPS) is 10.5. The molecule has 2 aromatic heterocycles. The molecule has 2 heterocycles. The molecule has 0 saturated carbocycles. The first-order valence-corrected chi connectivity index (χ1v) is 9.32. The maximum absolute atomic E-state index is 12.0. The highest BCUT2D eigenvalue weighted by atomic mass is 32.2. The van der Waals surface area contributed by atoms with Crippen molar-refractivity contribution >= 4 is 23.7 Å². The van der Waals surface area contributed by atoms with Crippen LogP contribution in [0.2, 0.25) is 0 Å². The van der Waals surface area contributed by atoms with Crippen molar-refractivity contribution in [3.63, 3.8) is 0 Å². The van der Waals surface area contributed by atoms with E-state index in [0.29, 0.717) is 16.7 Å². The summed E-state index contributed by atoms with van der Waals surface area (Å²) < 4.78 is 12.0. The fraction of sp³-hybridized carbons (Fsp3) is 0.222. The topological polar surface area (TPSA) is 111 Å². The fourth-order valence-corrected chi connectivity index (χ4v) is 3.06. The van der Waals surface area contributed by atoms with Crippen LogP contribution in [0.25, 0.3) is 11.4 Å². The fourth-order valence-electron chi connectivity index (χ4n) is 2.35. The molecule has 1 aromatic carbocycles. The van der Waals surface area contributed by atoms with Gasteiger partial charge in [-0.3, -0.25) is 10.1 Å². The first-order chi connectivity index (χ1) is 13.6. The van der Waals surface area contributed by atoms with Gasteiger partial charge in [0.25, 0.3) is 0 Å². The van der Waals surface area contributed by atoms with E-state index in [-0.39, 0.29) is 12.3 Å². The molecular weight excluding hydrogens is 382 g/mol. The maximum atomic E-state index is 12.0. The van der Waals surface area contributed by atoms with E-state index in [2.05, 4.69) is 20.8 Å². The van der Waals surface area contributed by atoms with Gasteiger partial charge in [-0.25, -0.2) is 4.79 Å². The molecule has 0 aliphatic carbocycles. The molecule has 28 heavy (non-hydrogen) atoms. The number of urea groups is 1. The molecular formula is C18H19N5O4S. The lowest BCUT2D eigenvalue weighted by Gasteiger charge is -2.06. The summed E-state index contributed by atoms with van der Waals surface area (Å²) in [5.41, 5.74) is 0.879. The minimum absolute atomic E-state index is 0.0305. The molecule has 146 valence electrons. The van der Waals surface area contributed by atoms with E-state index in [9.17, 15) is 9.59 Å². The van der Waals surface area contributed by atoms with E-state index in [4.69, 9.17) is 9.15 Å². The third-order valence-electron chi connectivity index (χ3n) is 3.77. The molecule has 0 spiro atoms. The first-order valence-electron chi connectivity index (χ1n) is 8.33. The monoisotopic (exact) mass is 401 g/mol. The Hall–Kier alpha value is -3.27. The van der Waals surface area contributed by atoms with Crippen molar-refractivity contribution in [1.29, 1.82) is 0 Å². The van der Waals surface area contributed by atoms with Crippen molar-refractivity contribution in [3.05, 3.63) is 48.4 Å². The van der Waals surface area contributed by atoms with E-state index in [0.717, 1.165) is 11.3 Å². The Balaban J connectivity index is 1.50. The van der Waals surface area contributed by atoms with Crippen LogP contribution in [-0.2, 0) is 18.4 Å². The van der Waals surface area contributed by atoms with Crippen molar-refractivity contribution in [2.24, 2.45) is 7.05 Å². The largest absolute Gasteiger partial charge is 0.497 e. The van der Waals surface area contributed by atoms with Gasteiger partial charge >= 0.3 is 6.03 Å². The van der Waals surface area contributed by atoms with Crippen LogP contribution < -0.4 is 15.4 Å². The summed E-state index contributed by atoms with van der Waals surface area (Å²) in [4.78, 5) is 23.7. The van der Waals surface area contributed by atoms with E-state index in [1.54, 1.807) is 23.8 Å². The van der Waals surface area contributed by atoms with Crippen LogP contribution in [0, 0.1) is 0 Å². The lowest BCUT2D eigenvalue weighted by atomic mass is 10.2. The summed E-state index contributed by atoms with van der Waals surface area (Å²) in [5, 5.41) is 13.6. The molecule has 0 radical (unpaired) electrons. The van der Waals surface area contributed by atoms with Crippen LogP contribution in [0.5, 0.6) is 5.75 Å². The molecule has 0 unspecified atom stereocenters. The van der Waals surface area contributed by atoms with Gasteiger partial charge in [0, 0.05) is 12.6 Å².